The highest BCUT2D eigenvalue weighted by Crippen LogP contribution is 2.53. The van der Waals surface area contributed by atoms with E-state index in [1.165, 1.54) is 0 Å². The van der Waals surface area contributed by atoms with Crippen molar-refractivity contribution in [3.63, 3.8) is 0 Å². The minimum atomic E-state index is -0.536. The van der Waals surface area contributed by atoms with Gasteiger partial charge in [0.05, 0.1) is 23.2 Å². The number of fused-ring (bicyclic) bond motifs is 1. The van der Waals surface area contributed by atoms with Gasteiger partial charge in [0, 0.05) is 35.1 Å². The highest BCUT2D eigenvalue weighted by molar-refractivity contribution is 6.31. The Kier molecular flexibility index (Phi) is 5.43. The molecule has 2 aliphatic heterocycles. The van der Waals surface area contributed by atoms with Crippen LogP contribution in [0.5, 0.6) is 11.5 Å². The number of nitrogens with zero attached hydrogens (tertiary/aromatic N) is 3. The van der Waals surface area contributed by atoms with Crippen LogP contribution in [0.3, 0.4) is 0 Å². The van der Waals surface area contributed by atoms with Gasteiger partial charge >= 0.3 is 0 Å². The maximum atomic E-state index is 13.9. The van der Waals surface area contributed by atoms with Crippen LogP contribution in [0.1, 0.15) is 43.7 Å². The van der Waals surface area contributed by atoms with Crippen molar-refractivity contribution in [3.8, 4) is 17.6 Å². The molecule has 7 heteroatoms. The van der Waals surface area contributed by atoms with Crippen LogP contribution in [0.4, 0.5) is 5.69 Å². The Morgan fingerprint density at radius 3 is 2.57 bits per heavy atom. The van der Waals surface area contributed by atoms with Gasteiger partial charge in [0.2, 0.25) is 6.79 Å². The van der Waals surface area contributed by atoms with Gasteiger partial charge in [0.1, 0.15) is 5.82 Å². The number of rotatable bonds is 3. The van der Waals surface area contributed by atoms with Crippen LogP contribution in [-0.4, -0.2) is 17.1 Å². The highest BCUT2D eigenvalue weighted by atomic mass is 35.5. The van der Waals surface area contributed by atoms with Crippen LogP contribution >= 0.6 is 11.6 Å². The average molecular weight is 512 g/mol. The number of carbonyl (C=O) groups excluding carboxylic acids is 1. The molecule has 3 aliphatic rings. The summed E-state index contributed by atoms with van der Waals surface area (Å²) < 4.78 is 13.1. The predicted octanol–water partition coefficient (Wildman–Crippen LogP) is 6.82. The minimum absolute atomic E-state index is 0.0536. The summed E-state index contributed by atoms with van der Waals surface area (Å²) in [4.78, 5) is 16.0. The Morgan fingerprint density at radius 1 is 1.05 bits per heavy atom. The van der Waals surface area contributed by atoms with E-state index in [9.17, 15) is 10.1 Å². The van der Waals surface area contributed by atoms with E-state index >= 15 is 0 Å². The monoisotopic (exact) mass is 511 g/mol. The predicted molar refractivity (Wildman–Crippen MR) is 142 cm³/mol. The first-order valence-corrected chi connectivity index (χ1v) is 12.7. The Hall–Kier alpha value is -3.95. The summed E-state index contributed by atoms with van der Waals surface area (Å²) in [5.74, 6) is 1.50. The molecule has 0 unspecified atom stereocenters. The lowest BCUT2D eigenvalue weighted by atomic mass is 9.68. The molecule has 0 bridgehead atoms. The molecule has 1 aliphatic carbocycles. The van der Waals surface area contributed by atoms with Crippen molar-refractivity contribution in [1.29, 1.82) is 5.26 Å². The maximum Gasteiger partial charge on any atom is 0.231 e. The summed E-state index contributed by atoms with van der Waals surface area (Å²) in [6, 6.07) is 17.8. The van der Waals surface area contributed by atoms with Gasteiger partial charge in [-0.15, -0.1) is 0 Å². The smallest absolute Gasteiger partial charge is 0.231 e. The number of ketones is 1. The Labute approximate surface area is 221 Å². The number of hydrogen-bond acceptors (Lipinski definition) is 5. The topological polar surface area (TPSA) is 67.5 Å². The largest absolute Gasteiger partial charge is 0.454 e. The van der Waals surface area contributed by atoms with Crippen molar-refractivity contribution in [3.05, 3.63) is 93.9 Å². The quantitative estimate of drug-likeness (QED) is 0.386. The number of allylic oxidation sites excluding steroid dienone is 3. The first-order chi connectivity index (χ1) is 17.8. The molecule has 6 nitrogen and oxygen atoms in total. The van der Waals surface area contributed by atoms with Crippen molar-refractivity contribution < 1.29 is 14.3 Å². The standard InChI is InChI=1S/C30H26ClN3O3/c1-18-21(31)7-6-8-22(18)34-23-14-30(2,3)15-24(35)28(23)27(19-9-10-25-26(13-19)37-17-36-25)20(16-32)29(34)33-11-4-5-12-33/h4-13,27H,14-15,17H2,1-3H3/t27-/m0/s1. The second-order valence-electron chi connectivity index (χ2n) is 10.5. The molecule has 0 N–H and O–H groups in total. The molecule has 2 aromatic carbocycles. The van der Waals surface area contributed by atoms with Crippen LogP contribution in [0.2, 0.25) is 5.02 Å². The van der Waals surface area contributed by atoms with Crippen molar-refractivity contribution in [2.45, 2.75) is 39.5 Å². The second kappa shape index (κ2) is 8.57. The van der Waals surface area contributed by atoms with E-state index in [0.717, 1.165) is 22.5 Å². The molecule has 0 spiro atoms. The van der Waals surface area contributed by atoms with Crippen molar-refractivity contribution in [2.75, 3.05) is 11.7 Å². The SMILES string of the molecule is Cc1c(Cl)cccc1N1C2=C(C(=O)CC(C)(C)C2)[C@@H](c2ccc3c(c2)OCO3)C(C#N)=C1n1cccc1. The lowest BCUT2D eigenvalue weighted by Crippen LogP contribution is -2.40. The first-order valence-electron chi connectivity index (χ1n) is 12.3. The van der Waals surface area contributed by atoms with Crippen LogP contribution in [0.15, 0.2) is 77.8 Å². The maximum absolute atomic E-state index is 13.9. The molecule has 0 saturated heterocycles. The fourth-order valence-electron chi connectivity index (χ4n) is 5.72. The number of anilines is 1. The molecule has 3 heterocycles. The van der Waals surface area contributed by atoms with Crippen molar-refractivity contribution >= 4 is 28.9 Å². The molecule has 6 rings (SSSR count). The van der Waals surface area contributed by atoms with Crippen molar-refractivity contribution in [1.82, 2.24) is 4.57 Å². The fourth-order valence-corrected chi connectivity index (χ4v) is 5.89. The van der Waals surface area contributed by atoms with Gasteiger partial charge in [-0.3, -0.25) is 9.69 Å². The molecule has 1 aromatic heterocycles. The summed E-state index contributed by atoms with van der Waals surface area (Å²) in [5.41, 5.74) is 4.37. The van der Waals surface area contributed by atoms with Crippen LogP contribution in [0, 0.1) is 23.7 Å². The van der Waals surface area contributed by atoms with Gasteiger partial charge in [-0.2, -0.15) is 5.26 Å². The summed E-state index contributed by atoms with van der Waals surface area (Å²) in [6.07, 6.45) is 4.94. The molecule has 0 fully saturated rings. The number of ether oxygens (including phenoxy) is 2. The fraction of sp³-hybridized carbons (Fsp3) is 0.267. The lowest BCUT2D eigenvalue weighted by Gasteiger charge is -2.45. The third kappa shape index (κ3) is 3.73. The molecule has 3 aromatic rings. The Balaban J connectivity index is 1.69. The normalized spacial score (nSPS) is 20.2. The third-order valence-electron chi connectivity index (χ3n) is 7.38. The van der Waals surface area contributed by atoms with Crippen LogP contribution in [0.25, 0.3) is 5.82 Å². The van der Waals surface area contributed by atoms with Crippen LogP contribution < -0.4 is 14.4 Å². The van der Waals surface area contributed by atoms with E-state index in [2.05, 4.69) is 24.8 Å². The third-order valence-corrected chi connectivity index (χ3v) is 7.79. The van der Waals surface area contributed by atoms with E-state index in [1.807, 2.05) is 72.4 Å². The zero-order valence-corrected chi connectivity index (χ0v) is 21.7. The summed E-state index contributed by atoms with van der Waals surface area (Å²) in [5, 5.41) is 11.3. The molecule has 1 atom stereocenters. The number of hydrogen-bond donors (Lipinski definition) is 0. The zero-order chi connectivity index (χ0) is 25.9. The number of benzene rings is 2. The van der Waals surface area contributed by atoms with Gasteiger partial charge in [-0.25, -0.2) is 0 Å². The molecular weight excluding hydrogens is 486 g/mol. The van der Waals surface area contributed by atoms with Gasteiger partial charge in [-0.05, 0) is 66.3 Å². The molecule has 0 radical (unpaired) electrons. The Bertz CT molecular complexity index is 1540. The van der Waals surface area contributed by atoms with Gasteiger partial charge in [-0.1, -0.05) is 37.6 Å². The average Bonchev–Trinajstić information content (AvgIpc) is 3.55. The summed E-state index contributed by atoms with van der Waals surface area (Å²) in [7, 11) is 0. The van der Waals surface area contributed by atoms with E-state index < -0.39 is 5.92 Å². The molecule has 37 heavy (non-hydrogen) atoms. The number of nitriles is 1. The minimum Gasteiger partial charge on any atom is -0.454 e. The number of Topliss-reactive ketones (excluding diaryl/α,β-unsaturated/α-hetero) is 1. The Morgan fingerprint density at radius 2 is 1.81 bits per heavy atom. The molecular formula is C30H26ClN3O3. The van der Waals surface area contributed by atoms with Gasteiger partial charge in [0.15, 0.2) is 17.3 Å². The summed E-state index contributed by atoms with van der Waals surface area (Å²) >= 11 is 6.59. The van der Waals surface area contributed by atoms with Gasteiger partial charge in [0.25, 0.3) is 0 Å². The molecule has 0 amide bonds. The first kappa shape index (κ1) is 23.4. The van der Waals surface area contributed by atoms with E-state index in [1.54, 1.807) is 0 Å². The van der Waals surface area contributed by atoms with Crippen molar-refractivity contribution in [2.24, 2.45) is 5.41 Å². The van der Waals surface area contributed by atoms with E-state index in [4.69, 9.17) is 21.1 Å². The van der Waals surface area contributed by atoms with Gasteiger partial charge < -0.3 is 14.0 Å². The number of carbonyl (C=O) groups is 1. The van der Waals surface area contributed by atoms with E-state index in [0.29, 0.717) is 46.3 Å². The number of aromatic nitrogens is 1. The molecule has 0 saturated carbocycles. The lowest BCUT2D eigenvalue weighted by molar-refractivity contribution is -0.118. The molecule has 186 valence electrons. The second-order valence-corrected chi connectivity index (χ2v) is 10.9. The highest BCUT2D eigenvalue weighted by Gasteiger charge is 2.46. The zero-order valence-electron chi connectivity index (χ0n) is 20.9. The summed E-state index contributed by atoms with van der Waals surface area (Å²) in [6.45, 7) is 6.36. The van der Waals surface area contributed by atoms with E-state index in [-0.39, 0.29) is 18.0 Å². The number of halogens is 1. The van der Waals surface area contributed by atoms with Crippen LogP contribution in [-0.2, 0) is 4.79 Å².